The van der Waals surface area contributed by atoms with E-state index < -0.39 is 0 Å². The van der Waals surface area contributed by atoms with Crippen LogP contribution < -0.4 is 5.32 Å². The van der Waals surface area contributed by atoms with Gasteiger partial charge < -0.3 is 5.32 Å². The summed E-state index contributed by atoms with van der Waals surface area (Å²) in [5.74, 6) is 3.11. The molecule has 0 spiro atoms. The first-order valence-electron chi connectivity index (χ1n) is 5.06. The van der Waals surface area contributed by atoms with Gasteiger partial charge in [-0.1, -0.05) is 26.7 Å². The molecule has 0 amide bonds. The van der Waals surface area contributed by atoms with Gasteiger partial charge in [-0.05, 0) is 24.2 Å². The summed E-state index contributed by atoms with van der Waals surface area (Å²) >= 11 is 0. The van der Waals surface area contributed by atoms with Gasteiger partial charge in [0, 0.05) is 12.6 Å². The number of nitrogens with one attached hydrogen (secondary N) is 1. The first-order chi connectivity index (χ1) is 5.33. The second-order valence-corrected chi connectivity index (χ2v) is 4.35. The van der Waals surface area contributed by atoms with E-state index in [0.29, 0.717) is 0 Å². The molecule has 4 unspecified atom stereocenters. The van der Waals surface area contributed by atoms with E-state index in [0.717, 1.165) is 23.8 Å². The molecule has 0 aromatic heterocycles. The predicted octanol–water partition coefficient (Wildman–Crippen LogP) is 2.03. The Balaban J connectivity index is 1.83. The molecular formula is C10H19N. The lowest BCUT2D eigenvalue weighted by Gasteiger charge is -2.43. The van der Waals surface area contributed by atoms with Crippen LogP contribution in [0.15, 0.2) is 0 Å². The second kappa shape index (κ2) is 2.78. The van der Waals surface area contributed by atoms with Crippen molar-refractivity contribution in [2.24, 2.45) is 17.8 Å². The van der Waals surface area contributed by atoms with Crippen molar-refractivity contribution in [1.82, 2.24) is 5.32 Å². The Bertz CT molecular complexity index is 136. The highest BCUT2D eigenvalue weighted by Gasteiger charge is 2.45. The average Bonchev–Trinajstić information content (AvgIpc) is 2.71. The van der Waals surface area contributed by atoms with Crippen LogP contribution in [-0.4, -0.2) is 12.6 Å². The van der Waals surface area contributed by atoms with Crippen LogP contribution in [0.3, 0.4) is 0 Å². The molecule has 0 aromatic carbocycles. The Kier molecular flexibility index (Phi) is 1.92. The van der Waals surface area contributed by atoms with Crippen LogP contribution in [0.2, 0.25) is 0 Å². The molecule has 1 saturated carbocycles. The Morgan fingerprint density at radius 3 is 2.64 bits per heavy atom. The van der Waals surface area contributed by atoms with Gasteiger partial charge in [0.05, 0.1) is 0 Å². The minimum Gasteiger partial charge on any atom is -0.311 e. The van der Waals surface area contributed by atoms with E-state index in [1.165, 1.54) is 25.8 Å². The smallest absolute Gasteiger partial charge is 0.0226 e. The van der Waals surface area contributed by atoms with Gasteiger partial charge in [0.1, 0.15) is 0 Å². The number of hydrogen-bond donors (Lipinski definition) is 1. The molecule has 11 heavy (non-hydrogen) atoms. The number of hydrogen-bond acceptors (Lipinski definition) is 1. The van der Waals surface area contributed by atoms with Crippen LogP contribution in [0, 0.1) is 17.8 Å². The highest BCUT2D eigenvalue weighted by atomic mass is 15.1. The fraction of sp³-hybridized carbons (Fsp3) is 1.00. The molecule has 1 N–H and O–H groups in total. The Hall–Kier alpha value is -0.0400. The summed E-state index contributed by atoms with van der Waals surface area (Å²) in [6.45, 7) is 6.02. The lowest BCUT2D eigenvalue weighted by Crippen LogP contribution is -2.39. The van der Waals surface area contributed by atoms with Crippen molar-refractivity contribution in [3.63, 3.8) is 0 Å². The summed E-state index contributed by atoms with van der Waals surface area (Å²) in [5.41, 5.74) is 0. The van der Waals surface area contributed by atoms with E-state index >= 15 is 0 Å². The standard InChI is InChI=1S/C10H19N/c1-3-4-8-5-7(2)10(8)9-6-11-9/h7-11H,3-6H2,1-2H3. The van der Waals surface area contributed by atoms with Gasteiger partial charge in [-0.3, -0.25) is 0 Å². The molecule has 0 bridgehead atoms. The van der Waals surface area contributed by atoms with E-state index in [1.807, 2.05) is 0 Å². The molecule has 4 atom stereocenters. The second-order valence-electron chi connectivity index (χ2n) is 4.35. The normalized spacial score (nSPS) is 48.5. The summed E-state index contributed by atoms with van der Waals surface area (Å²) in [4.78, 5) is 0. The highest BCUT2D eigenvalue weighted by Crippen LogP contribution is 2.46. The Morgan fingerprint density at radius 2 is 2.18 bits per heavy atom. The van der Waals surface area contributed by atoms with Gasteiger partial charge in [-0.15, -0.1) is 0 Å². The largest absolute Gasteiger partial charge is 0.311 e. The monoisotopic (exact) mass is 153 g/mol. The van der Waals surface area contributed by atoms with Gasteiger partial charge >= 0.3 is 0 Å². The van der Waals surface area contributed by atoms with Gasteiger partial charge in [-0.2, -0.15) is 0 Å². The van der Waals surface area contributed by atoms with Crippen molar-refractivity contribution in [3.8, 4) is 0 Å². The summed E-state index contributed by atoms with van der Waals surface area (Å²) in [7, 11) is 0. The van der Waals surface area contributed by atoms with Gasteiger partial charge in [-0.25, -0.2) is 0 Å². The molecule has 1 saturated heterocycles. The molecule has 2 fully saturated rings. The third kappa shape index (κ3) is 1.31. The molecule has 64 valence electrons. The molecule has 2 aliphatic rings. The fourth-order valence-electron chi connectivity index (χ4n) is 2.81. The van der Waals surface area contributed by atoms with Crippen molar-refractivity contribution in [2.75, 3.05) is 6.54 Å². The molecule has 1 nitrogen and oxygen atoms in total. The summed E-state index contributed by atoms with van der Waals surface area (Å²) in [5, 5.41) is 3.46. The van der Waals surface area contributed by atoms with Crippen LogP contribution in [0.25, 0.3) is 0 Å². The number of rotatable bonds is 3. The van der Waals surface area contributed by atoms with Crippen molar-refractivity contribution < 1.29 is 0 Å². The zero-order valence-corrected chi connectivity index (χ0v) is 7.64. The zero-order valence-electron chi connectivity index (χ0n) is 7.64. The minimum atomic E-state index is 0.912. The molecule has 2 rings (SSSR count). The molecule has 1 aliphatic heterocycles. The first-order valence-corrected chi connectivity index (χ1v) is 5.06. The fourth-order valence-corrected chi connectivity index (χ4v) is 2.81. The summed E-state index contributed by atoms with van der Waals surface area (Å²) in [6, 6.07) is 0.912. The lowest BCUT2D eigenvalue weighted by molar-refractivity contribution is 0.0762. The molecule has 1 aliphatic carbocycles. The minimum absolute atomic E-state index is 0.912. The van der Waals surface area contributed by atoms with Gasteiger partial charge in [0.15, 0.2) is 0 Å². The van der Waals surface area contributed by atoms with E-state index in [2.05, 4.69) is 19.2 Å². The van der Waals surface area contributed by atoms with Gasteiger partial charge in [0.25, 0.3) is 0 Å². The molecule has 1 heterocycles. The third-order valence-corrected chi connectivity index (χ3v) is 3.44. The summed E-state index contributed by atoms with van der Waals surface area (Å²) < 4.78 is 0. The highest BCUT2D eigenvalue weighted by molar-refractivity contribution is 5.01. The average molecular weight is 153 g/mol. The van der Waals surface area contributed by atoms with Crippen molar-refractivity contribution in [3.05, 3.63) is 0 Å². The van der Waals surface area contributed by atoms with Crippen LogP contribution >= 0.6 is 0 Å². The van der Waals surface area contributed by atoms with E-state index in [9.17, 15) is 0 Å². The van der Waals surface area contributed by atoms with Crippen molar-refractivity contribution >= 4 is 0 Å². The Morgan fingerprint density at radius 1 is 1.45 bits per heavy atom. The molecular weight excluding hydrogens is 134 g/mol. The van der Waals surface area contributed by atoms with Crippen LogP contribution in [0.5, 0.6) is 0 Å². The lowest BCUT2D eigenvalue weighted by atomic mass is 9.62. The zero-order chi connectivity index (χ0) is 7.84. The first kappa shape index (κ1) is 7.60. The summed E-state index contributed by atoms with van der Waals surface area (Å²) in [6.07, 6.45) is 4.34. The van der Waals surface area contributed by atoms with Crippen molar-refractivity contribution in [2.45, 2.75) is 39.2 Å². The SMILES string of the molecule is CCCC1CC(C)C1C1CN1. The van der Waals surface area contributed by atoms with Crippen LogP contribution in [0.1, 0.15) is 33.1 Å². The molecule has 0 radical (unpaired) electrons. The Labute approximate surface area is 69.6 Å². The van der Waals surface area contributed by atoms with E-state index in [-0.39, 0.29) is 0 Å². The molecule has 0 aromatic rings. The van der Waals surface area contributed by atoms with E-state index in [1.54, 1.807) is 0 Å². The maximum atomic E-state index is 3.46. The topological polar surface area (TPSA) is 21.9 Å². The predicted molar refractivity (Wildman–Crippen MR) is 47.5 cm³/mol. The van der Waals surface area contributed by atoms with Crippen molar-refractivity contribution in [1.29, 1.82) is 0 Å². The van der Waals surface area contributed by atoms with E-state index in [4.69, 9.17) is 0 Å². The molecule has 1 heteroatoms. The quantitative estimate of drug-likeness (QED) is 0.616. The maximum absolute atomic E-state index is 3.46. The van der Waals surface area contributed by atoms with Crippen LogP contribution in [-0.2, 0) is 0 Å². The maximum Gasteiger partial charge on any atom is 0.0226 e. The third-order valence-electron chi connectivity index (χ3n) is 3.44. The van der Waals surface area contributed by atoms with Crippen LogP contribution in [0.4, 0.5) is 0 Å². The van der Waals surface area contributed by atoms with Gasteiger partial charge in [0.2, 0.25) is 0 Å².